The largest absolute Gasteiger partial charge is 0.353 e. The van der Waals surface area contributed by atoms with Crippen LogP contribution in [0.2, 0.25) is 0 Å². The number of rotatable bonds is 3. The van der Waals surface area contributed by atoms with Gasteiger partial charge in [-0.15, -0.1) is 12.3 Å². The van der Waals surface area contributed by atoms with E-state index in [0.29, 0.717) is 17.9 Å². The minimum Gasteiger partial charge on any atom is -0.353 e. The van der Waals surface area contributed by atoms with Crippen LogP contribution < -0.4 is 16.4 Å². The van der Waals surface area contributed by atoms with Gasteiger partial charge in [-0.3, -0.25) is 10.8 Å². The molecule has 6 N–H and O–H groups in total. The highest BCUT2D eigenvalue weighted by Gasteiger charge is 2.40. The maximum atomic E-state index is 6.78. The van der Waals surface area contributed by atoms with Crippen LogP contribution in [0.4, 0.5) is 5.82 Å². The molecule has 0 spiro atoms. The molecule has 1 aliphatic carbocycles. The quantitative estimate of drug-likeness (QED) is 0.545. The zero-order chi connectivity index (χ0) is 18.1. The molecular formula is C19H25N7. The molecule has 1 atom stereocenters. The number of nitrogens with one attached hydrogen (secondary N) is 4. The van der Waals surface area contributed by atoms with E-state index in [1.807, 2.05) is 25.4 Å². The molecule has 26 heavy (non-hydrogen) atoms. The van der Waals surface area contributed by atoms with Gasteiger partial charge in [-0.2, -0.15) is 10.1 Å². The summed E-state index contributed by atoms with van der Waals surface area (Å²) in [4.78, 5) is 7.86. The second kappa shape index (κ2) is 6.54. The molecule has 136 valence electrons. The van der Waals surface area contributed by atoms with Crippen molar-refractivity contribution in [3.8, 4) is 12.3 Å². The van der Waals surface area contributed by atoms with Gasteiger partial charge in [-0.1, -0.05) is 0 Å². The van der Waals surface area contributed by atoms with Crippen molar-refractivity contribution in [1.29, 1.82) is 0 Å². The fourth-order valence-electron chi connectivity index (χ4n) is 4.04. The van der Waals surface area contributed by atoms with Crippen LogP contribution in [0.5, 0.6) is 0 Å². The Balaban J connectivity index is 1.54. The Morgan fingerprint density at radius 2 is 2.19 bits per heavy atom. The summed E-state index contributed by atoms with van der Waals surface area (Å²) in [5, 5.41) is 14.2. The van der Waals surface area contributed by atoms with Crippen LogP contribution in [0.3, 0.4) is 0 Å². The summed E-state index contributed by atoms with van der Waals surface area (Å²) in [6, 6.07) is 2.32. The Kier molecular flexibility index (Phi) is 4.21. The Labute approximate surface area is 153 Å². The zero-order valence-electron chi connectivity index (χ0n) is 15.0. The first kappa shape index (κ1) is 16.7. The van der Waals surface area contributed by atoms with Crippen LogP contribution in [0.15, 0.2) is 23.5 Å². The minimum absolute atomic E-state index is 0.372. The van der Waals surface area contributed by atoms with E-state index in [1.54, 1.807) is 0 Å². The predicted molar refractivity (Wildman–Crippen MR) is 102 cm³/mol. The highest BCUT2D eigenvalue weighted by molar-refractivity contribution is 5.86. The van der Waals surface area contributed by atoms with Crippen LogP contribution in [0, 0.1) is 25.2 Å². The topological polar surface area (TPSA) is 107 Å². The third-order valence-corrected chi connectivity index (χ3v) is 5.49. The average Bonchev–Trinajstić information content (AvgIpc) is 3.26. The first-order chi connectivity index (χ1) is 12.6. The Hall–Kier alpha value is -2.72. The van der Waals surface area contributed by atoms with Crippen LogP contribution in [0.1, 0.15) is 48.9 Å². The molecule has 7 nitrogen and oxygen atoms in total. The maximum Gasteiger partial charge on any atom is 0.200 e. The number of guanidine groups is 1. The van der Waals surface area contributed by atoms with E-state index in [0.717, 1.165) is 54.7 Å². The monoisotopic (exact) mass is 351 g/mol. The molecule has 2 aromatic heterocycles. The molecule has 4 rings (SSSR count). The SMILES string of the molecule is C#CCC1CCC(NC2=Nc3[nH]ccc3C(N)(c3n[nH]cc3C)N2)CC1. The average molecular weight is 351 g/mol. The molecule has 7 heteroatoms. The van der Waals surface area contributed by atoms with Crippen molar-refractivity contribution in [3.05, 3.63) is 35.3 Å². The first-order valence-corrected chi connectivity index (χ1v) is 9.14. The Morgan fingerprint density at radius 3 is 2.88 bits per heavy atom. The summed E-state index contributed by atoms with van der Waals surface area (Å²) >= 11 is 0. The van der Waals surface area contributed by atoms with Crippen LogP contribution in [0.25, 0.3) is 0 Å². The lowest BCUT2D eigenvalue weighted by Crippen LogP contribution is -2.60. The van der Waals surface area contributed by atoms with Crippen molar-refractivity contribution < 1.29 is 0 Å². The first-order valence-electron chi connectivity index (χ1n) is 9.14. The lowest BCUT2D eigenvalue weighted by atomic mass is 9.84. The van der Waals surface area contributed by atoms with E-state index >= 15 is 0 Å². The van der Waals surface area contributed by atoms with Crippen LogP contribution >= 0.6 is 0 Å². The summed E-state index contributed by atoms with van der Waals surface area (Å²) in [7, 11) is 0. The van der Waals surface area contributed by atoms with E-state index < -0.39 is 5.66 Å². The number of aliphatic imine (C=N–C) groups is 1. The summed E-state index contributed by atoms with van der Waals surface area (Å²) in [6.07, 6.45) is 14.5. The molecule has 1 saturated carbocycles. The van der Waals surface area contributed by atoms with Crippen LogP contribution in [-0.4, -0.2) is 27.2 Å². The van der Waals surface area contributed by atoms with Gasteiger partial charge < -0.3 is 15.6 Å². The molecule has 3 heterocycles. The zero-order valence-corrected chi connectivity index (χ0v) is 15.0. The van der Waals surface area contributed by atoms with Gasteiger partial charge in [-0.25, -0.2) is 0 Å². The smallest absolute Gasteiger partial charge is 0.200 e. The third-order valence-electron chi connectivity index (χ3n) is 5.49. The molecule has 0 amide bonds. The van der Waals surface area contributed by atoms with Crippen molar-refractivity contribution in [1.82, 2.24) is 25.8 Å². The molecular weight excluding hydrogens is 326 g/mol. The van der Waals surface area contributed by atoms with E-state index in [4.69, 9.17) is 12.2 Å². The van der Waals surface area contributed by atoms with E-state index in [9.17, 15) is 0 Å². The van der Waals surface area contributed by atoms with E-state index in [-0.39, 0.29) is 0 Å². The van der Waals surface area contributed by atoms with E-state index in [2.05, 4.69) is 36.7 Å². The number of hydrogen-bond donors (Lipinski definition) is 5. The fraction of sp³-hybridized carbons (Fsp3) is 0.474. The van der Waals surface area contributed by atoms with Gasteiger partial charge in [0, 0.05) is 30.4 Å². The fourth-order valence-corrected chi connectivity index (χ4v) is 4.04. The number of aryl methyl sites for hydroxylation is 1. The summed E-state index contributed by atoms with van der Waals surface area (Å²) < 4.78 is 0. The summed E-state index contributed by atoms with van der Waals surface area (Å²) in [5.41, 5.74) is 8.51. The minimum atomic E-state index is -0.926. The number of aromatic nitrogens is 3. The van der Waals surface area contributed by atoms with Crippen LogP contribution in [-0.2, 0) is 5.66 Å². The number of aromatic amines is 2. The molecule has 0 aromatic carbocycles. The standard InChI is InChI=1S/C19H25N7/c1-3-4-13-5-7-14(8-6-13)23-18-24-17-15(9-10-21-17)19(20,25-18)16-12(2)11-22-26-16/h1,9-11,13-14,21H,4-8,20H2,2H3,(H,22,26)(H2,23,24,25). The van der Waals surface area contributed by atoms with Gasteiger partial charge >= 0.3 is 0 Å². The van der Waals surface area contributed by atoms with Gasteiger partial charge in [0.15, 0.2) is 11.6 Å². The molecule has 2 aromatic rings. The number of hydrogen-bond acceptors (Lipinski definition) is 5. The maximum absolute atomic E-state index is 6.78. The van der Waals surface area contributed by atoms with Gasteiger partial charge in [0.2, 0.25) is 0 Å². The number of H-pyrrole nitrogens is 2. The molecule has 0 radical (unpaired) electrons. The molecule has 1 aliphatic heterocycles. The van der Waals surface area contributed by atoms with Gasteiger partial charge in [-0.05, 0) is 50.2 Å². The molecule has 1 unspecified atom stereocenters. The molecule has 0 bridgehead atoms. The number of nitrogens with zero attached hydrogens (tertiary/aromatic N) is 2. The second-order valence-electron chi connectivity index (χ2n) is 7.32. The second-order valence-corrected chi connectivity index (χ2v) is 7.32. The number of terminal acetylenes is 1. The normalized spacial score (nSPS) is 27.8. The molecule has 2 aliphatic rings. The molecule has 0 saturated heterocycles. The predicted octanol–water partition coefficient (Wildman–Crippen LogP) is 1.97. The van der Waals surface area contributed by atoms with Crippen molar-refractivity contribution in [2.45, 2.75) is 50.7 Å². The molecule has 1 fully saturated rings. The van der Waals surface area contributed by atoms with Crippen molar-refractivity contribution in [2.75, 3.05) is 0 Å². The summed E-state index contributed by atoms with van der Waals surface area (Å²) in [6.45, 7) is 1.99. The number of fused-ring (bicyclic) bond motifs is 1. The lowest BCUT2D eigenvalue weighted by molar-refractivity contribution is 0.312. The Morgan fingerprint density at radius 1 is 1.38 bits per heavy atom. The van der Waals surface area contributed by atoms with Crippen molar-refractivity contribution >= 4 is 11.8 Å². The number of nitrogens with two attached hydrogens (primary N) is 1. The summed E-state index contributed by atoms with van der Waals surface area (Å²) in [5.74, 6) is 4.88. The van der Waals surface area contributed by atoms with E-state index in [1.165, 1.54) is 0 Å². The lowest BCUT2D eigenvalue weighted by Gasteiger charge is -2.36. The van der Waals surface area contributed by atoms with Crippen molar-refractivity contribution in [3.63, 3.8) is 0 Å². The van der Waals surface area contributed by atoms with Gasteiger partial charge in [0.1, 0.15) is 11.5 Å². The van der Waals surface area contributed by atoms with Gasteiger partial charge in [0.05, 0.1) is 0 Å². The third kappa shape index (κ3) is 2.86. The highest BCUT2D eigenvalue weighted by Crippen LogP contribution is 2.34. The highest BCUT2D eigenvalue weighted by atomic mass is 15.3. The van der Waals surface area contributed by atoms with Crippen molar-refractivity contribution in [2.24, 2.45) is 16.6 Å². The Bertz CT molecular complexity index is 847. The van der Waals surface area contributed by atoms with Gasteiger partial charge in [0.25, 0.3) is 0 Å².